The van der Waals surface area contributed by atoms with Crippen molar-refractivity contribution in [2.45, 2.75) is 11.2 Å². The van der Waals surface area contributed by atoms with E-state index in [1.807, 2.05) is 0 Å². The second kappa shape index (κ2) is 5.97. The van der Waals surface area contributed by atoms with Crippen molar-refractivity contribution in [3.8, 4) is 0 Å². The number of halogens is 5. The molecule has 0 fully saturated rings. The molecule has 0 radical (unpaired) electrons. The maximum atomic E-state index is 13.6. The van der Waals surface area contributed by atoms with Crippen molar-refractivity contribution < 1.29 is 13.2 Å². The van der Waals surface area contributed by atoms with E-state index in [1.54, 1.807) is 6.07 Å². The van der Waals surface area contributed by atoms with E-state index in [0.29, 0.717) is 0 Å². The van der Waals surface area contributed by atoms with Crippen LogP contribution >= 0.6 is 27.5 Å². The van der Waals surface area contributed by atoms with Crippen molar-refractivity contribution in [2.24, 2.45) is 0 Å². The first-order valence-electron chi connectivity index (χ1n) is 5.51. The maximum absolute atomic E-state index is 13.6. The van der Waals surface area contributed by atoms with Crippen LogP contribution in [0.5, 0.6) is 0 Å². The SMILES string of the molecule is Fc1cccc(C(Br)Cc2c(F)cccc2Cl)c1F. The largest absolute Gasteiger partial charge is 0.207 e. The Morgan fingerprint density at radius 3 is 2.32 bits per heavy atom. The lowest BCUT2D eigenvalue weighted by atomic mass is 10.0. The molecule has 0 aliphatic heterocycles. The molecule has 0 aliphatic rings. The lowest BCUT2D eigenvalue weighted by Gasteiger charge is -2.13. The third-order valence-corrected chi connectivity index (χ3v) is 3.94. The van der Waals surface area contributed by atoms with Gasteiger partial charge in [-0.2, -0.15) is 0 Å². The number of alkyl halides is 1. The predicted octanol–water partition coefficient (Wildman–Crippen LogP) is 5.44. The van der Waals surface area contributed by atoms with E-state index in [-0.39, 0.29) is 22.6 Å². The van der Waals surface area contributed by atoms with Crippen molar-refractivity contribution in [1.82, 2.24) is 0 Å². The van der Waals surface area contributed by atoms with Crippen LogP contribution in [0, 0.1) is 17.5 Å². The van der Waals surface area contributed by atoms with Crippen LogP contribution < -0.4 is 0 Å². The summed E-state index contributed by atoms with van der Waals surface area (Å²) in [4.78, 5) is -0.558. The van der Waals surface area contributed by atoms with Gasteiger partial charge in [-0.05, 0) is 24.6 Å². The van der Waals surface area contributed by atoms with E-state index in [2.05, 4.69) is 15.9 Å². The average Bonchev–Trinajstić information content (AvgIpc) is 2.37. The molecule has 0 saturated carbocycles. The second-order valence-electron chi connectivity index (χ2n) is 4.01. The Hall–Kier alpha value is -1.00. The molecule has 19 heavy (non-hydrogen) atoms. The molecule has 0 bridgehead atoms. The summed E-state index contributed by atoms with van der Waals surface area (Å²) >= 11 is 9.15. The van der Waals surface area contributed by atoms with E-state index in [0.717, 1.165) is 6.07 Å². The fraction of sp³-hybridized carbons (Fsp3) is 0.143. The van der Waals surface area contributed by atoms with Gasteiger partial charge in [-0.3, -0.25) is 0 Å². The van der Waals surface area contributed by atoms with Crippen LogP contribution in [-0.2, 0) is 6.42 Å². The summed E-state index contributed by atoms with van der Waals surface area (Å²) in [5.74, 6) is -2.33. The molecule has 1 unspecified atom stereocenters. The van der Waals surface area contributed by atoms with Gasteiger partial charge in [-0.25, -0.2) is 13.2 Å². The molecular weight excluding hydrogens is 341 g/mol. The lowest BCUT2D eigenvalue weighted by molar-refractivity contribution is 0.497. The summed E-state index contributed by atoms with van der Waals surface area (Å²) in [5, 5.41) is 0.265. The van der Waals surface area contributed by atoms with Crippen LogP contribution in [0.4, 0.5) is 13.2 Å². The van der Waals surface area contributed by atoms with E-state index < -0.39 is 22.3 Å². The smallest absolute Gasteiger partial charge is 0.163 e. The quantitative estimate of drug-likeness (QED) is 0.648. The van der Waals surface area contributed by atoms with Crippen molar-refractivity contribution in [2.75, 3.05) is 0 Å². The van der Waals surface area contributed by atoms with Crippen LogP contribution in [0.2, 0.25) is 5.02 Å². The molecule has 2 aromatic carbocycles. The Bertz CT molecular complexity index is 581. The van der Waals surface area contributed by atoms with Crippen LogP contribution in [0.25, 0.3) is 0 Å². The van der Waals surface area contributed by atoms with Gasteiger partial charge >= 0.3 is 0 Å². The summed E-state index contributed by atoms with van der Waals surface area (Å²) in [6, 6.07) is 8.23. The Balaban J connectivity index is 2.31. The fourth-order valence-corrected chi connectivity index (χ4v) is 2.70. The van der Waals surface area contributed by atoms with Crippen LogP contribution in [0.15, 0.2) is 36.4 Å². The minimum atomic E-state index is -0.933. The first kappa shape index (κ1) is 14.4. The highest BCUT2D eigenvalue weighted by atomic mass is 79.9. The number of rotatable bonds is 3. The Morgan fingerprint density at radius 2 is 1.63 bits per heavy atom. The molecule has 0 aliphatic carbocycles. The molecule has 100 valence electrons. The third kappa shape index (κ3) is 3.12. The number of benzene rings is 2. The highest BCUT2D eigenvalue weighted by Gasteiger charge is 2.19. The van der Waals surface area contributed by atoms with Gasteiger partial charge in [0.25, 0.3) is 0 Å². The first-order chi connectivity index (χ1) is 9.00. The van der Waals surface area contributed by atoms with Crippen molar-refractivity contribution in [1.29, 1.82) is 0 Å². The highest BCUT2D eigenvalue weighted by Crippen LogP contribution is 2.33. The molecule has 0 spiro atoms. The lowest BCUT2D eigenvalue weighted by Crippen LogP contribution is -2.02. The zero-order valence-electron chi connectivity index (χ0n) is 9.64. The minimum Gasteiger partial charge on any atom is -0.207 e. The molecule has 1 atom stereocenters. The molecule has 0 N–H and O–H groups in total. The van der Waals surface area contributed by atoms with Crippen molar-refractivity contribution in [3.05, 3.63) is 70.0 Å². The Labute approximate surface area is 122 Å². The average molecular weight is 350 g/mol. The monoisotopic (exact) mass is 348 g/mol. The van der Waals surface area contributed by atoms with Crippen LogP contribution in [0.3, 0.4) is 0 Å². The van der Waals surface area contributed by atoms with Gasteiger partial charge in [0.1, 0.15) is 5.82 Å². The van der Waals surface area contributed by atoms with Crippen molar-refractivity contribution >= 4 is 27.5 Å². The fourth-order valence-electron chi connectivity index (χ4n) is 1.78. The van der Waals surface area contributed by atoms with Gasteiger partial charge in [0.05, 0.1) is 0 Å². The van der Waals surface area contributed by atoms with Gasteiger partial charge in [-0.1, -0.05) is 45.7 Å². The number of hydrogen-bond acceptors (Lipinski definition) is 0. The molecule has 0 heterocycles. The predicted molar refractivity (Wildman–Crippen MR) is 73.1 cm³/mol. The van der Waals surface area contributed by atoms with Crippen LogP contribution in [0.1, 0.15) is 16.0 Å². The molecule has 0 saturated heterocycles. The first-order valence-corrected chi connectivity index (χ1v) is 6.81. The maximum Gasteiger partial charge on any atom is 0.163 e. The standard InChI is InChI=1S/C14H9BrClF3/c15-10(8-3-1-6-13(18)14(8)19)7-9-11(16)4-2-5-12(9)17/h1-6,10H,7H2. The summed E-state index contributed by atoms with van der Waals surface area (Å²) < 4.78 is 40.4. The van der Waals surface area contributed by atoms with Crippen LogP contribution in [-0.4, -0.2) is 0 Å². The summed E-state index contributed by atoms with van der Waals surface area (Å²) in [7, 11) is 0. The van der Waals surface area contributed by atoms with E-state index in [4.69, 9.17) is 11.6 Å². The number of hydrogen-bond donors (Lipinski definition) is 0. The molecule has 2 aromatic rings. The van der Waals surface area contributed by atoms with Gasteiger partial charge < -0.3 is 0 Å². The molecule has 2 rings (SSSR count). The molecular formula is C14H9BrClF3. The third-order valence-electron chi connectivity index (χ3n) is 2.76. The summed E-state index contributed by atoms with van der Waals surface area (Å²) in [5.41, 5.74) is 0.411. The van der Waals surface area contributed by atoms with E-state index >= 15 is 0 Å². The molecule has 0 aromatic heterocycles. The van der Waals surface area contributed by atoms with E-state index in [1.165, 1.54) is 24.3 Å². The van der Waals surface area contributed by atoms with E-state index in [9.17, 15) is 13.2 Å². The molecule has 0 amide bonds. The molecule has 5 heteroatoms. The molecule has 0 nitrogen and oxygen atoms in total. The summed E-state index contributed by atoms with van der Waals surface area (Å²) in [6.07, 6.45) is 0.131. The highest BCUT2D eigenvalue weighted by molar-refractivity contribution is 9.09. The van der Waals surface area contributed by atoms with Gasteiger partial charge in [-0.15, -0.1) is 0 Å². The van der Waals surface area contributed by atoms with Gasteiger partial charge in [0, 0.05) is 21.0 Å². The Kier molecular flexibility index (Phi) is 4.53. The normalized spacial score (nSPS) is 12.5. The zero-order valence-corrected chi connectivity index (χ0v) is 12.0. The van der Waals surface area contributed by atoms with Gasteiger partial charge in [0.2, 0.25) is 0 Å². The van der Waals surface area contributed by atoms with Crippen molar-refractivity contribution in [3.63, 3.8) is 0 Å². The Morgan fingerprint density at radius 1 is 1.00 bits per heavy atom. The summed E-state index contributed by atoms with van der Waals surface area (Å²) in [6.45, 7) is 0. The van der Waals surface area contributed by atoms with Gasteiger partial charge in [0.15, 0.2) is 11.6 Å². The minimum absolute atomic E-state index is 0.131. The second-order valence-corrected chi connectivity index (χ2v) is 5.53. The zero-order chi connectivity index (χ0) is 14.0. The topological polar surface area (TPSA) is 0 Å².